The minimum absolute atomic E-state index is 0.546. The molecular weight excluding hydrogens is 296 g/mol. The lowest BCUT2D eigenvalue weighted by molar-refractivity contribution is 0.416. The summed E-state index contributed by atoms with van der Waals surface area (Å²) in [6.45, 7) is 2.33. The van der Waals surface area contributed by atoms with Crippen LogP contribution < -0.4 is 0 Å². The number of hydrogen-bond donors (Lipinski definition) is 0. The first-order valence-corrected chi connectivity index (χ1v) is 9.44. The van der Waals surface area contributed by atoms with Crippen LogP contribution in [0.3, 0.4) is 0 Å². The maximum absolute atomic E-state index is 2.41. The maximum Gasteiger partial charge on any atom is 0.0342 e. The van der Waals surface area contributed by atoms with Crippen LogP contribution in [0.5, 0.6) is 0 Å². The highest BCUT2D eigenvalue weighted by Gasteiger charge is 2.27. The van der Waals surface area contributed by atoms with Gasteiger partial charge in [-0.15, -0.1) is 11.3 Å². The summed E-state index contributed by atoms with van der Waals surface area (Å²) < 4.78 is 0. The fourth-order valence-electron chi connectivity index (χ4n) is 3.89. The van der Waals surface area contributed by atoms with Crippen LogP contribution in [0.2, 0.25) is 0 Å². The predicted octanol–water partition coefficient (Wildman–Crippen LogP) is 6.52. The summed E-state index contributed by atoms with van der Waals surface area (Å²) in [6, 6.07) is 22.6. The lowest BCUT2D eigenvalue weighted by Crippen LogP contribution is -2.19. The largest absolute Gasteiger partial charge is 0.144 e. The van der Waals surface area contributed by atoms with Gasteiger partial charge in [0.2, 0.25) is 0 Å². The Morgan fingerprint density at radius 2 is 1.91 bits per heavy atom. The van der Waals surface area contributed by atoms with Crippen LogP contribution in [0.15, 0.2) is 66.0 Å². The van der Waals surface area contributed by atoms with Gasteiger partial charge in [-0.2, -0.15) is 0 Å². The van der Waals surface area contributed by atoms with Gasteiger partial charge in [0.05, 0.1) is 0 Å². The Morgan fingerprint density at radius 3 is 2.74 bits per heavy atom. The standard InChI is InChI=1S/C22H22S/c1-2-16-13-17-7-3-4-10-20(17)21(14-16)18-8-5-9-19(15-18)22-11-6-12-23-22/h3-12,15-16,21H,2,13-14H2,1H3/t16-,21+/m1/s1. The number of benzene rings is 2. The molecule has 1 aliphatic carbocycles. The highest BCUT2D eigenvalue weighted by Crippen LogP contribution is 2.41. The second-order valence-electron chi connectivity index (χ2n) is 6.57. The van der Waals surface area contributed by atoms with Crippen LogP contribution >= 0.6 is 11.3 Å². The molecule has 0 amide bonds. The fourth-order valence-corrected chi connectivity index (χ4v) is 4.62. The average Bonchev–Trinajstić information content (AvgIpc) is 3.15. The second kappa shape index (κ2) is 6.33. The molecule has 116 valence electrons. The molecule has 1 heterocycles. The first kappa shape index (κ1) is 14.7. The zero-order valence-corrected chi connectivity index (χ0v) is 14.4. The van der Waals surface area contributed by atoms with Crippen molar-refractivity contribution in [3.8, 4) is 10.4 Å². The van der Waals surface area contributed by atoms with E-state index in [4.69, 9.17) is 0 Å². The topological polar surface area (TPSA) is 0 Å². The summed E-state index contributed by atoms with van der Waals surface area (Å²) in [6.07, 6.45) is 3.80. The van der Waals surface area contributed by atoms with Crippen LogP contribution in [0.1, 0.15) is 42.4 Å². The van der Waals surface area contributed by atoms with Crippen LogP contribution in [-0.2, 0) is 6.42 Å². The molecule has 3 aromatic rings. The third-order valence-corrected chi connectivity index (χ3v) is 6.10. The fraction of sp³-hybridized carbons (Fsp3) is 0.273. The van der Waals surface area contributed by atoms with E-state index in [0.29, 0.717) is 5.92 Å². The molecule has 0 saturated heterocycles. The van der Waals surface area contributed by atoms with Crippen molar-refractivity contribution >= 4 is 11.3 Å². The van der Waals surface area contributed by atoms with Crippen molar-refractivity contribution in [2.24, 2.45) is 5.92 Å². The summed E-state index contributed by atoms with van der Waals surface area (Å²) in [7, 11) is 0. The quantitative estimate of drug-likeness (QED) is 0.515. The predicted molar refractivity (Wildman–Crippen MR) is 100 cm³/mol. The first-order chi connectivity index (χ1) is 11.3. The van der Waals surface area contributed by atoms with E-state index in [0.717, 1.165) is 5.92 Å². The minimum Gasteiger partial charge on any atom is -0.144 e. The van der Waals surface area contributed by atoms with Crippen LogP contribution in [0, 0.1) is 5.92 Å². The number of fused-ring (bicyclic) bond motifs is 1. The van der Waals surface area contributed by atoms with E-state index in [-0.39, 0.29) is 0 Å². The molecule has 2 aromatic carbocycles. The molecule has 0 bridgehead atoms. The van der Waals surface area contributed by atoms with Gasteiger partial charge in [0.1, 0.15) is 0 Å². The van der Waals surface area contributed by atoms with Gasteiger partial charge < -0.3 is 0 Å². The van der Waals surface area contributed by atoms with Gasteiger partial charge >= 0.3 is 0 Å². The molecule has 4 rings (SSSR count). The summed E-state index contributed by atoms with van der Waals surface area (Å²) in [4.78, 5) is 1.36. The SMILES string of the molecule is CC[C@@H]1Cc2ccccc2[C@H](c2cccc(-c3cccs3)c2)C1. The van der Waals surface area contributed by atoms with Crippen molar-refractivity contribution in [3.63, 3.8) is 0 Å². The van der Waals surface area contributed by atoms with Crippen LogP contribution in [0.4, 0.5) is 0 Å². The molecule has 0 aliphatic heterocycles. The van der Waals surface area contributed by atoms with Gasteiger partial charge in [-0.1, -0.05) is 61.9 Å². The molecule has 0 nitrogen and oxygen atoms in total. The van der Waals surface area contributed by atoms with E-state index in [1.807, 2.05) is 11.3 Å². The molecule has 0 unspecified atom stereocenters. The van der Waals surface area contributed by atoms with E-state index in [9.17, 15) is 0 Å². The lowest BCUT2D eigenvalue weighted by atomic mass is 9.73. The number of thiophene rings is 1. The Kier molecular flexibility index (Phi) is 4.05. The molecular formula is C22H22S. The van der Waals surface area contributed by atoms with Gasteiger partial charge in [0.25, 0.3) is 0 Å². The third-order valence-electron chi connectivity index (χ3n) is 5.18. The summed E-state index contributed by atoms with van der Waals surface area (Å²) >= 11 is 1.82. The molecule has 23 heavy (non-hydrogen) atoms. The van der Waals surface area contributed by atoms with Gasteiger partial charge in [0, 0.05) is 10.8 Å². The average molecular weight is 318 g/mol. The molecule has 0 fully saturated rings. The molecule has 0 saturated carbocycles. The Morgan fingerprint density at radius 1 is 1.00 bits per heavy atom. The normalized spacial score (nSPS) is 20.2. The highest BCUT2D eigenvalue weighted by atomic mass is 32.1. The van der Waals surface area contributed by atoms with Crippen molar-refractivity contribution < 1.29 is 0 Å². The highest BCUT2D eigenvalue weighted by molar-refractivity contribution is 7.13. The van der Waals surface area contributed by atoms with Gasteiger partial charge in [0.15, 0.2) is 0 Å². The van der Waals surface area contributed by atoms with Gasteiger partial charge in [-0.25, -0.2) is 0 Å². The zero-order valence-electron chi connectivity index (χ0n) is 13.5. The Labute approximate surface area is 142 Å². The maximum atomic E-state index is 2.41. The molecule has 2 atom stereocenters. The molecule has 0 radical (unpaired) electrons. The smallest absolute Gasteiger partial charge is 0.0342 e. The number of rotatable bonds is 3. The van der Waals surface area contributed by atoms with Crippen molar-refractivity contribution in [1.82, 2.24) is 0 Å². The van der Waals surface area contributed by atoms with E-state index >= 15 is 0 Å². The molecule has 1 heteroatoms. The first-order valence-electron chi connectivity index (χ1n) is 8.56. The number of hydrogen-bond acceptors (Lipinski definition) is 1. The Balaban J connectivity index is 1.76. The molecule has 1 aliphatic rings. The van der Waals surface area contributed by atoms with E-state index in [2.05, 4.69) is 73.0 Å². The van der Waals surface area contributed by atoms with Crippen molar-refractivity contribution in [3.05, 3.63) is 82.7 Å². The van der Waals surface area contributed by atoms with Gasteiger partial charge in [-0.3, -0.25) is 0 Å². The van der Waals surface area contributed by atoms with Gasteiger partial charge in [-0.05, 0) is 58.5 Å². The van der Waals surface area contributed by atoms with Crippen LogP contribution in [-0.4, -0.2) is 0 Å². The summed E-state index contributed by atoms with van der Waals surface area (Å²) in [5, 5.41) is 2.16. The Bertz CT molecular complexity index is 785. The summed E-state index contributed by atoms with van der Waals surface area (Å²) in [5.74, 6) is 1.35. The van der Waals surface area contributed by atoms with E-state index < -0.39 is 0 Å². The Hall–Kier alpha value is -1.86. The monoisotopic (exact) mass is 318 g/mol. The minimum atomic E-state index is 0.546. The van der Waals surface area contributed by atoms with Crippen molar-refractivity contribution in [1.29, 1.82) is 0 Å². The van der Waals surface area contributed by atoms with E-state index in [1.165, 1.54) is 35.3 Å². The molecule has 0 N–H and O–H groups in total. The molecule has 1 aromatic heterocycles. The lowest BCUT2D eigenvalue weighted by Gasteiger charge is -2.31. The third kappa shape index (κ3) is 2.86. The zero-order chi connectivity index (χ0) is 15.6. The second-order valence-corrected chi connectivity index (χ2v) is 7.52. The van der Waals surface area contributed by atoms with Crippen LogP contribution in [0.25, 0.3) is 10.4 Å². The van der Waals surface area contributed by atoms with Crippen molar-refractivity contribution in [2.45, 2.75) is 32.1 Å². The van der Waals surface area contributed by atoms with E-state index in [1.54, 1.807) is 11.1 Å². The summed E-state index contributed by atoms with van der Waals surface area (Å²) in [5.41, 5.74) is 5.92. The van der Waals surface area contributed by atoms with Crippen molar-refractivity contribution in [2.75, 3.05) is 0 Å². The molecule has 0 spiro atoms.